The Morgan fingerprint density at radius 2 is 1.60 bits per heavy atom. The van der Waals surface area contributed by atoms with E-state index in [1.165, 1.54) is 17.5 Å². The zero-order chi connectivity index (χ0) is 20.6. The van der Waals surface area contributed by atoms with Gasteiger partial charge >= 0.3 is 0 Å². The molecule has 0 aromatic heterocycles. The maximum atomic E-state index is 13.9. The highest BCUT2D eigenvalue weighted by atomic mass is 32.2. The molecule has 2 nitrogen and oxygen atoms in total. The number of anilines is 1. The van der Waals surface area contributed by atoms with E-state index in [4.69, 9.17) is 0 Å². The summed E-state index contributed by atoms with van der Waals surface area (Å²) in [5.41, 5.74) is 3.47. The van der Waals surface area contributed by atoms with Gasteiger partial charge in [0.1, 0.15) is 0 Å². The molecule has 5 rings (SSSR count). The average molecular weight is 414 g/mol. The van der Waals surface area contributed by atoms with Gasteiger partial charge in [0.2, 0.25) is 5.91 Å². The lowest BCUT2D eigenvalue weighted by Gasteiger charge is -2.39. The van der Waals surface area contributed by atoms with E-state index >= 15 is 0 Å². The second-order valence-corrected chi connectivity index (χ2v) is 9.48. The molecule has 1 amide bonds. The number of nitrogens with one attached hydrogen (secondary N) is 1. The van der Waals surface area contributed by atoms with Gasteiger partial charge in [0.15, 0.2) is 0 Å². The summed E-state index contributed by atoms with van der Waals surface area (Å²) < 4.78 is 0. The molecule has 0 heterocycles. The topological polar surface area (TPSA) is 29.1 Å². The molecule has 0 aliphatic heterocycles. The van der Waals surface area contributed by atoms with Gasteiger partial charge in [-0.2, -0.15) is 0 Å². The fourth-order valence-corrected chi connectivity index (χ4v) is 6.60. The molecule has 0 unspecified atom stereocenters. The van der Waals surface area contributed by atoms with Gasteiger partial charge in [0.25, 0.3) is 0 Å². The van der Waals surface area contributed by atoms with Crippen molar-refractivity contribution in [2.45, 2.75) is 35.5 Å². The molecule has 0 radical (unpaired) electrons. The first-order valence-electron chi connectivity index (χ1n) is 10.8. The summed E-state index contributed by atoms with van der Waals surface area (Å²) in [5.74, 6) is 0.924. The summed E-state index contributed by atoms with van der Waals surface area (Å²) in [7, 11) is 0. The molecule has 3 aromatic carbocycles. The molecule has 2 saturated carbocycles. The van der Waals surface area contributed by atoms with Crippen LogP contribution in [0.4, 0.5) is 5.69 Å². The zero-order valence-corrected chi connectivity index (χ0v) is 18.1. The number of amides is 1. The molecule has 152 valence electrons. The monoisotopic (exact) mass is 413 g/mol. The first kappa shape index (κ1) is 19.4. The lowest BCUT2D eigenvalue weighted by Crippen LogP contribution is -2.42. The van der Waals surface area contributed by atoms with Crippen LogP contribution in [0.1, 0.15) is 36.3 Å². The van der Waals surface area contributed by atoms with Crippen LogP contribution in [-0.4, -0.2) is 12.2 Å². The zero-order valence-electron chi connectivity index (χ0n) is 17.3. The molecule has 4 atom stereocenters. The molecule has 3 heteroatoms. The highest BCUT2D eigenvalue weighted by molar-refractivity contribution is 7.98. The molecule has 30 heavy (non-hydrogen) atoms. The number of rotatable bonds is 5. The summed E-state index contributed by atoms with van der Waals surface area (Å²) in [6.45, 7) is 0. The third-order valence-electron chi connectivity index (χ3n) is 7.23. The van der Waals surface area contributed by atoms with Crippen molar-refractivity contribution in [2.75, 3.05) is 11.6 Å². The fourth-order valence-electron chi connectivity index (χ4n) is 6.04. The predicted octanol–water partition coefficient (Wildman–Crippen LogP) is 6.50. The molecular weight excluding hydrogens is 386 g/mol. The van der Waals surface area contributed by atoms with E-state index in [0.717, 1.165) is 23.4 Å². The quantitative estimate of drug-likeness (QED) is 0.484. The van der Waals surface area contributed by atoms with Gasteiger partial charge < -0.3 is 5.32 Å². The van der Waals surface area contributed by atoms with Crippen LogP contribution in [0.25, 0.3) is 0 Å². The maximum absolute atomic E-state index is 13.9. The highest BCUT2D eigenvalue weighted by Gasteiger charge is 2.61. The van der Waals surface area contributed by atoms with Gasteiger partial charge in [-0.3, -0.25) is 4.79 Å². The first-order valence-corrected chi connectivity index (χ1v) is 12.0. The van der Waals surface area contributed by atoms with Gasteiger partial charge in [0.05, 0.1) is 11.6 Å². The fraction of sp³-hybridized carbons (Fsp3) is 0.296. The minimum absolute atomic E-state index is 0.0593. The van der Waals surface area contributed by atoms with E-state index in [-0.39, 0.29) is 23.2 Å². The Morgan fingerprint density at radius 3 is 2.33 bits per heavy atom. The summed E-state index contributed by atoms with van der Waals surface area (Å²) in [6.07, 6.45) is 5.44. The molecular formula is C27H27NOS. The number of carbonyl (C=O) groups is 1. The first-order chi connectivity index (χ1) is 14.7. The van der Waals surface area contributed by atoms with Crippen molar-refractivity contribution in [1.82, 2.24) is 0 Å². The van der Waals surface area contributed by atoms with Crippen LogP contribution in [0.5, 0.6) is 0 Å². The van der Waals surface area contributed by atoms with E-state index in [1.54, 1.807) is 11.8 Å². The lowest BCUT2D eigenvalue weighted by molar-refractivity contribution is -0.122. The van der Waals surface area contributed by atoms with Gasteiger partial charge in [0, 0.05) is 10.3 Å². The largest absolute Gasteiger partial charge is 0.325 e. The minimum atomic E-state index is -0.0786. The summed E-state index contributed by atoms with van der Waals surface area (Å²) >= 11 is 1.67. The van der Waals surface area contributed by atoms with Crippen LogP contribution in [0.15, 0.2) is 89.8 Å². The Labute approximate surface area is 183 Å². The summed E-state index contributed by atoms with van der Waals surface area (Å²) in [5, 5.41) is 3.32. The molecule has 0 spiro atoms. The third kappa shape index (κ3) is 3.16. The van der Waals surface area contributed by atoms with Gasteiger partial charge in [-0.15, -0.1) is 11.8 Å². The maximum Gasteiger partial charge on any atom is 0.229 e. The van der Waals surface area contributed by atoms with Crippen LogP contribution in [-0.2, 0) is 10.2 Å². The van der Waals surface area contributed by atoms with Gasteiger partial charge in [-0.1, -0.05) is 72.8 Å². The van der Waals surface area contributed by atoms with Crippen LogP contribution < -0.4 is 5.32 Å². The lowest BCUT2D eigenvalue weighted by atomic mass is 9.65. The number of carbonyl (C=O) groups excluding carboxylic acids is 1. The van der Waals surface area contributed by atoms with Crippen LogP contribution in [0.3, 0.4) is 0 Å². The number of hydrogen-bond donors (Lipinski definition) is 1. The van der Waals surface area contributed by atoms with Gasteiger partial charge in [-0.25, -0.2) is 0 Å². The Morgan fingerprint density at radius 1 is 0.933 bits per heavy atom. The average Bonchev–Trinajstić information content (AvgIpc) is 3.39. The van der Waals surface area contributed by atoms with Crippen molar-refractivity contribution < 1.29 is 4.79 Å². The van der Waals surface area contributed by atoms with E-state index in [1.807, 2.05) is 18.2 Å². The van der Waals surface area contributed by atoms with Crippen molar-refractivity contribution in [3.8, 4) is 0 Å². The number of fused-ring (bicyclic) bond motifs is 2. The summed E-state index contributed by atoms with van der Waals surface area (Å²) in [6, 6.07) is 29.6. The van der Waals surface area contributed by atoms with Crippen molar-refractivity contribution in [1.29, 1.82) is 0 Å². The third-order valence-corrected chi connectivity index (χ3v) is 8.03. The smallest absolute Gasteiger partial charge is 0.229 e. The van der Waals surface area contributed by atoms with E-state index in [0.29, 0.717) is 5.92 Å². The Balaban J connectivity index is 1.58. The Hall–Kier alpha value is -2.52. The standard InChI is InChI=1S/C27H27NOS/c1-30-23-15-9-8-14-22(23)28-26(29)25-24(19-10-4-2-5-11-19)20-16-17-27(25,18-20)21-12-6-3-7-13-21/h2-15,20,24-25H,16-18H2,1H3,(H,28,29)/t20-,24-,25+,27+/m1/s1. The molecule has 2 fully saturated rings. The van der Waals surface area contributed by atoms with Crippen LogP contribution in [0, 0.1) is 11.8 Å². The molecule has 2 aliphatic rings. The Bertz CT molecular complexity index is 1030. The molecule has 0 saturated heterocycles. The van der Waals surface area contributed by atoms with E-state index in [9.17, 15) is 4.79 Å². The van der Waals surface area contributed by atoms with Crippen molar-refractivity contribution in [2.24, 2.45) is 11.8 Å². The second kappa shape index (κ2) is 7.96. The normalized spacial score (nSPS) is 27.2. The minimum Gasteiger partial charge on any atom is -0.325 e. The van der Waals surface area contributed by atoms with Crippen molar-refractivity contribution >= 4 is 23.4 Å². The molecule has 3 aromatic rings. The SMILES string of the molecule is CSc1ccccc1NC(=O)[C@@H]1[C@H](c2ccccc2)[C@@H]2CC[C@@]1(c1ccccc1)C2. The highest BCUT2D eigenvalue weighted by Crippen LogP contribution is 2.64. The number of thioether (sulfide) groups is 1. The van der Waals surface area contributed by atoms with Crippen LogP contribution >= 0.6 is 11.8 Å². The molecule has 1 N–H and O–H groups in total. The predicted molar refractivity (Wildman–Crippen MR) is 125 cm³/mol. The summed E-state index contributed by atoms with van der Waals surface area (Å²) in [4.78, 5) is 15.0. The molecule has 2 bridgehead atoms. The van der Waals surface area contributed by atoms with E-state index in [2.05, 4.69) is 78.3 Å². The van der Waals surface area contributed by atoms with Crippen LogP contribution in [0.2, 0.25) is 0 Å². The van der Waals surface area contributed by atoms with Gasteiger partial charge in [-0.05, 0) is 60.6 Å². The number of hydrogen-bond acceptors (Lipinski definition) is 2. The Kier molecular flexibility index (Phi) is 5.16. The number of benzene rings is 3. The molecule has 2 aliphatic carbocycles. The second-order valence-electron chi connectivity index (χ2n) is 8.63. The van der Waals surface area contributed by atoms with Crippen molar-refractivity contribution in [3.05, 3.63) is 96.1 Å². The number of para-hydroxylation sites is 1. The van der Waals surface area contributed by atoms with Crippen molar-refractivity contribution in [3.63, 3.8) is 0 Å². The van der Waals surface area contributed by atoms with E-state index < -0.39 is 0 Å².